The van der Waals surface area contributed by atoms with E-state index in [2.05, 4.69) is 10.3 Å². The van der Waals surface area contributed by atoms with Gasteiger partial charge in [0.1, 0.15) is 10.8 Å². The maximum absolute atomic E-state index is 13.0. The number of amides is 1. The molecule has 2 aromatic carbocycles. The van der Waals surface area contributed by atoms with Gasteiger partial charge in [0.2, 0.25) is 15.9 Å². The van der Waals surface area contributed by atoms with Crippen molar-refractivity contribution in [1.29, 1.82) is 0 Å². The molecule has 0 bridgehead atoms. The summed E-state index contributed by atoms with van der Waals surface area (Å²) in [5.74, 6) is -0.578. The standard InChI is InChI=1S/C21H22FN3O3S2/c1-14(2)25(3)30(27,28)19-10-8-17(9-11-19)23-20(26)12-18-13-29-21(24-18)15-4-6-16(22)7-5-15/h4-11,13-14H,12H2,1-3H3,(H,23,26). The highest BCUT2D eigenvalue weighted by atomic mass is 32.2. The van der Waals surface area contributed by atoms with E-state index in [9.17, 15) is 17.6 Å². The van der Waals surface area contributed by atoms with Gasteiger partial charge in [0.15, 0.2) is 0 Å². The molecule has 0 aliphatic carbocycles. The fourth-order valence-corrected chi connectivity index (χ4v) is 4.83. The number of anilines is 1. The molecule has 0 fully saturated rings. The van der Waals surface area contributed by atoms with E-state index in [0.29, 0.717) is 16.4 Å². The average Bonchev–Trinajstić information content (AvgIpc) is 3.16. The topological polar surface area (TPSA) is 79.4 Å². The highest BCUT2D eigenvalue weighted by Crippen LogP contribution is 2.24. The van der Waals surface area contributed by atoms with E-state index in [1.54, 1.807) is 43.5 Å². The number of thiazole rings is 1. The molecule has 1 amide bonds. The summed E-state index contributed by atoms with van der Waals surface area (Å²) >= 11 is 1.38. The molecule has 3 aromatic rings. The van der Waals surface area contributed by atoms with Gasteiger partial charge in [-0.05, 0) is 62.4 Å². The molecule has 9 heteroatoms. The van der Waals surface area contributed by atoms with Crippen molar-refractivity contribution in [3.05, 3.63) is 65.4 Å². The number of nitrogens with zero attached hydrogens (tertiary/aromatic N) is 2. The summed E-state index contributed by atoms with van der Waals surface area (Å²) in [7, 11) is -2.04. The van der Waals surface area contributed by atoms with Crippen LogP contribution in [0.3, 0.4) is 0 Å². The Labute approximate surface area is 179 Å². The number of rotatable bonds is 7. The molecule has 0 unspecified atom stereocenters. The van der Waals surface area contributed by atoms with Crippen LogP contribution in [0.1, 0.15) is 19.5 Å². The van der Waals surface area contributed by atoms with Gasteiger partial charge in [-0.3, -0.25) is 4.79 Å². The van der Waals surface area contributed by atoms with Gasteiger partial charge in [0.05, 0.1) is 17.0 Å². The monoisotopic (exact) mass is 447 g/mol. The van der Waals surface area contributed by atoms with E-state index >= 15 is 0 Å². The summed E-state index contributed by atoms with van der Waals surface area (Å²) in [4.78, 5) is 16.9. The maximum atomic E-state index is 13.0. The van der Waals surface area contributed by atoms with Crippen LogP contribution in [0.25, 0.3) is 10.6 Å². The molecule has 6 nitrogen and oxygen atoms in total. The summed E-state index contributed by atoms with van der Waals surface area (Å²) < 4.78 is 39.3. The Morgan fingerprint density at radius 1 is 1.13 bits per heavy atom. The van der Waals surface area contributed by atoms with E-state index in [1.807, 2.05) is 0 Å². The van der Waals surface area contributed by atoms with Crippen LogP contribution in [0.2, 0.25) is 0 Å². The minimum Gasteiger partial charge on any atom is -0.326 e. The van der Waals surface area contributed by atoms with E-state index in [-0.39, 0.29) is 29.1 Å². The van der Waals surface area contributed by atoms with Crippen molar-refractivity contribution in [2.24, 2.45) is 0 Å². The zero-order valence-electron chi connectivity index (χ0n) is 16.8. The van der Waals surface area contributed by atoms with E-state index in [0.717, 1.165) is 5.56 Å². The van der Waals surface area contributed by atoms with Crippen molar-refractivity contribution < 1.29 is 17.6 Å². The molecule has 3 rings (SSSR count). The molecule has 0 saturated carbocycles. The molecule has 0 saturated heterocycles. The number of hydrogen-bond acceptors (Lipinski definition) is 5. The second kappa shape index (κ2) is 9.03. The Morgan fingerprint density at radius 2 is 1.77 bits per heavy atom. The predicted octanol–water partition coefficient (Wildman–Crippen LogP) is 4.16. The average molecular weight is 448 g/mol. The van der Waals surface area contributed by atoms with Crippen LogP contribution in [0.15, 0.2) is 58.8 Å². The largest absolute Gasteiger partial charge is 0.326 e. The number of halogens is 1. The second-order valence-electron chi connectivity index (χ2n) is 7.02. The number of carbonyl (C=O) groups is 1. The first-order chi connectivity index (χ1) is 14.2. The number of aromatic nitrogens is 1. The summed E-state index contributed by atoms with van der Waals surface area (Å²) in [6.07, 6.45) is 0.0772. The van der Waals surface area contributed by atoms with Crippen LogP contribution in [-0.4, -0.2) is 36.7 Å². The Kier molecular flexibility index (Phi) is 6.64. The lowest BCUT2D eigenvalue weighted by atomic mass is 10.2. The first-order valence-electron chi connectivity index (χ1n) is 9.25. The van der Waals surface area contributed by atoms with Crippen molar-refractivity contribution in [3.63, 3.8) is 0 Å². The van der Waals surface area contributed by atoms with Crippen molar-refractivity contribution in [3.8, 4) is 10.6 Å². The first kappa shape index (κ1) is 22.1. The van der Waals surface area contributed by atoms with Gasteiger partial charge in [-0.25, -0.2) is 17.8 Å². The lowest BCUT2D eigenvalue weighted by molar-refractivity contribution is -0.115. The van der Waals surface area contributed by atoms with E-state index in [4.69, 9.17) is 0 Å². The van der Waals surface area contributed by atoms with Crippen LogP contribution < -0.4 is 5.32 Å². The first-order valence-corrected chi connectivity index (χ1v) is 11.6. The predicted molar refractivity (Wildman–Crippen MR) is 116 cm³/mol. The maximum Gasteiger partial charge on any atom is 0.243 e. The van der Waals surface area contributed by atoms with Crippen molar-refractivity contribution in [2.75, 3.05) is 12.4 Å². The molecule has 1 aromatic heterocycles. The summed E-state index contributed by atoms with van der Waals surface area (Å²) in [6.45, 7) is 3.60. The zero-order valence-corrected chi connectivity index (χ0v) is 18.4. The lowest BCUT2D eigenvalue weighted by Crippen LogP contribution is -2.33. The van der Waals surface area contributed by atoms with Crippen LogP contribution in [-0.2, 0) is 21.2 Å². The van der Waals surface area contributed by atoms with Crippen molar-refractivity contribution >= 4 is 33.0 Å². The molecule has 0 atom stereocenters. The quantitative estimate of drug-likeness (QED) is 0.590. The molecular weight excluding hydrogens is 425 g/mol. The Bertz CT molecular complexity index is 1130. The Balaban J connectivity index is 1.64. The molecule has 0 aliphatic rings. The molecule has 158 valence electrons. The van der Waals surface area contributed by atoms with E-state index < -0.39 is 10.0 Å². The third kappa shape index (κ3) is 5.10. The fraction of sp³-hybridized carbons (Fsp3) is 0.238. The minimum absolute atomic E-state index is 0.0772. The van der Waals surface area contributed by atoms with Gasteiger partial charge >= 0.3 is 0 Å². The van der Waals surface area contributed by atoms with Gasteiger partial charge in [0.25, 0.3) is 0 Å². The number of sulfonamides is 1. The third-order valence-electron chi connectivity index (χ3n) is 4.53. The van der Waals surface area contributed by atoms with Gasteiger partial charge < -0.3 is 5.32 Å². The van der Waals surface area contributed by atoms with Gasteiger partial charge in [0, 0.05) is 29.7 Å². The van der Waals surface area contributed by atoms with Gasteiger partial charge in [-0.1, -0.05) is 0 Å². The molecule has 0 radical (unpaired) electrons. The second-order valence-corrected chi connectivity index (χ2v) is 9.87. The smallest absolute Gasteiger partial charge is 0.243 e. The lowest BCUT2D eigenvalue weighted by Gasteiger charge is -2.21. The number of nitrogens with one attached hydrogen (secondary N) is 1. The normalized spacial score (nSPS) is 11.8. The van der Waals surface area contributed by atoms with Crippen molar-refractivity contribution in [1.82, 2.24) is 9.29 Å². The number of carbonyl (C=O) groups excluding carboxylic acids is 1. The SMILES string of the molecule is CC(C)N(C)S(=O)(=O)c1ccc(NC(=O)Cc2csc(-c3ccc(F)cc3)n2)cc1. The highest BCUT2D eigenvalue weighted by Gasteiger charge is 2.22. The summed E-state index contributed by atoms with van der Waals surface area (Å²) in [6, 6.07) is 11.9. The molecular formula is C21H22FN3O3S2. The highest BCUT2D eigenvalue weighted by molar-refractivity contribution is 7.89. The third-order valence-corrected chi connectivity index (χ3v) is 7.51. The Morgan fingerprint density at radius 3 is 2.37 bits per heavy atom. The fourth-order valence-electron chi connectivity index (χ4n) is 2.64. The molecule has 0 spiro atoms. The van der Waals surface area contributed by atoms with E-state index in [1.165, 1.54) is 47.0 Å². The van der Waals surface area contributed by atoms with Crippen LogP contribution in [0.5, 0.6) is 0 Å². The molecule has 30 heavy (non-hydrogen) atoms. The van der Waals surface area contributed by atoms with Crippen molar-refractivity contribution in [2.45, 2.75) is 31.2 Å². The summed E-state index contributed by atoms with van der Waals surface area (Å²) in [5, 5.41) is 5.24. The van der Waals surface area contributed by atoms with Crippen LogP contribution in [0.4, 0.5) is 10.1 Å². The van der Waals surface area contributed by atoms with Crippen LogP contribution >= 0.6 is 11.3 Å². The Hall–Kier alpha value is -2.62. The van der Waals surface area contributed by atoms with Gasteiger partial charge in [-0.15, -0.1) is 11.3 Å². The molecule has 1 heterocycles. The van der Waals surface area contributed by atoms with Gasteiger partial charge in [-0.2, -0.15) is 4.31 Å². The number of hydrogen-bond donors (Lipinski definition) is 1. The molecule has 0 aliphatic heterocycles. The minimum atomic E-state index is -3.57. The summed E-state index contributed by atoms with van der Waals surface area (Å²) in [5.41, 5.74) is 1.89. The molecule has 1 N–H and O–H groups in total. The number of benzene rings is 2. The zero-order chi connectivity index (χ0) is 21.9. The van der Waals surface area contributed by atoms with Crippen LogP contribution in [0, 0.1) is 5.82 Å².